The van der Waals surface area contributed by atoms with Gasteiger partial charge in [-0.2, -0.15) is 5.26 Å². The molecule has 1 atom stereocenters. The number of thiophene rings is 2. The van der Waals surface area contributed by atoms with Crippen LogP contribution < -0.4 is 16.8 Å². The molecule has 39 heavy (non-hydrogen) atoms. The summed E-state index contributed by atoms with van der Waals surface area (Å²) in [4.78, 5) is 32.8. The van der Waals surface area contributed by atoms with Crippen molar-refractivity contribution in [1.82, 2.24) is 4.98 Å². The van der Waals surface area contributed by atoms with Crippen molar-refractivity contribution in [3.8, 4) is 17.2 Å². The predicted octanol–water partition coefficient (Wildman–Crippen LogP) is 6.18. The topological polar surface area (TPSA) is 144 Å². The van der Waals surface area contributed by atoms with E-state index in [1.54, 1.807) is 6.92 Å². The van der Waals surface area contributed by atoms with Crippen LogP contribution in [0.25, 0.3) is 21.3 Å². The Hall–Kier alpha value is -3.94. The third-order valence-electron chi connectivity index (χ3n) is 7.09. The maximum Gasteiger partial charge on any atom is 0.341 e. The number of hydrogen-bond donors (Lipinski definition) is 3. The van der Waals surface area contributed by atoms with Gasteiger partial charge in [-0.1, -0.05) is 38.1 Å². The number of pyridine rings is 1. The second-order valence-corrected chi connectivity index (χ2v) is 11.8. The van der Waals surface area contributed by atoms with Crippen LogP contribution in [0.4, 0.5) is 16.5 Å². The van der Waals surface area contributed by atoms with Crippen molar-refractivity contribution in [3.63, 3.8) is 0 Å². The number of fused-ring (bicyclic) bond motifs is 2. The van der Waals surface area contributed by atoms with Gasteiger partial charge >= 0.3 is 5.97 Å². The van der Waals surface area contributed by atoms with Gasteiger partial charge in [0, 0.05) is 15.8 Å². The van der Waals surface area contributed by atoms with Crippen LogP contribution in [-0.4, -0.2) is 23.5 Å². The summed E-state index contributed by atoms with van der Waals surface area (Å²) in [6.07, 6.45) is 3.47. The maximum atomic E-state index is 13.6. The number of nitrogens with zero attached hydrogens (tertiary/aromatic N) is 2. The van der Waals surface area contributed by atoms with Crippen molar-refractivity contribution in [3.05, 3.63) is 56.3 Å². The largest absolute Gasteiger partial charge is 0.462 e. The Kier molecular flexibility index (Phi) is 7.30. The Labute approximate surface area is 234 Å². The molecule has 0 bridgehead atoms. The lowest BCUT2D eigenvalue weighted by molar-refractivity contribution is 0.0526. The number of ether oxygens (including phenoxy) is 1. The first-order valence-electron chi connectivity index (χ1n) is 12.9. The summed E-state index contributed by atoms with van der Waals surface area (Å²) in [5.41, 5.74) is 17.1. The Morgan fingerprint density at radius 3 is 2.62 bits per heavy atom. The number of carbonyl (C=O) groups excluding carboxylic acids is 2. The van der Waals surface area contributed by atoms with E-state index < -0.39 is 11.9 Å². The molecule has 4 aromatic rings. The van der Waals surface area contributed by atoms with Crippen LogP contribution in [0.1, 0.15) is 68.8 Å². The number of rotatable bonds is 6. The number of esters is 1. The molecule has 0 spiro atoms. The molecular formula is C29H29N5O3S2. The summed E-state index contributed by atoms with van der Waals surface area (Å²) in [5.74, 6) is -0.298. The van der Waals surface area contributed by atoms with Gasteiger partial charge in [-0.3, -0.25) is 4.79 Å². The van der Waals surface area contributed by atoms with Gasteiger partial charge in [0.1, 0.15) is 32.2 Å². The first-order valence-corrected chi connectivity index (χ1v) is 14.5. The predicted molar refractivity (Wildman–Crippen MR) is 157 cm³/mol. The van der Waals surface area contributed by atoms with Gasteiger partial charge in [-0.15, -0.1) is 22.7 Å². The number of amides is 1. The summed E-state index contributed by atoms with van der Waals surface area (Å²) in [6, 6.07) is 9.99. The third-order valence-corrected chi connectivity index (χ3v) is 9.36. The molecule has 5 rings (SSSR count). The van der Waals surface area contributed by atoms with Crippen molar-refractivity contribution in [1.29, 1.82) is 5.26 Å². The highest BCUT2D eigenvalue weighted by Gasteiger charge is 2.31. The first kappa shape index (κ1) is 26.7. The molecule has 0 saturated carbocycles. The van der Waals surface area contributed by atoms with E-state index in [1.807, 2.05) is 24.3 Å². The highest BCUT2D eigenvalue weighted by atomic mass is 32.1. The summed E-state index contributed by atoms with van der Waals surface area (Å²) < 4.78 is 5.34. The Bertz CT molecular complexity index is 1650. The minimum atomic E-state index is -0.447. The molecule has 200 valence electrons. The van der Waals surface area contributed by atoms with Gasteiger partial charge in [-0.25, -0.2) is 9.78 Å². The van der Waals surface area contributed by atoms with Crippen LogP contribution in [-0.2, 0) is 24.0 Å². The lowest BCUT2D eigenvalue weighted by atomic mass is 9.88. The van der Waals surface area contributed by atoms with E-state index in [1.165, 1.54) is 11.3 Å². The number of nitrogen functional groups attached to an aromatic ring is 2. The summed E-state index contributed by atoms with van der Waals surface area (Å²) in [7, 11) is 0. The number of hydrogen-bond acceptors (Lipinski definition) is 9. The average molecular weight is 560 g/mol. The molecule has 3 heterocycles. The van der Waals surface area contributed by atoms with Crippen LogP contribution in [0, 0.1) is 17.2 Å². The Morgan fingerprint density at radius 2 is 1.95 bits per heavy atom. The van der Waals surface area contributed by atoms with Crippen LogP contribution in [0.15, 0.2) is 24.3 Å². The second-order valence-electron chi connectivity index (χ2n) is 9.66. The average Bonchev–Trinajstić information content (AvgIpc) is 3.44. The SMILES string of the molecule is CCOC(=O)c1c(NC(=O)c2sc3nc(N)c(C#N)c(-c4ccc(CC)cc4)c3c2N)sc2c1CCC(C)C2. The molecule has 0 fully saturated rings. The zero-order valence-electron chi connectivity index (χ0n) is 22.0. The number of aryl methyl sites for hydroxylation is 1. The van der Waals surface area contributed by atoms with E-state index in [4.69, 9.17) is 16.2 Å². The van der Waals surface area contributed by atoms with Gasteiger partial charge in [0.15, 0.2) is 0 Å². The van der Waals surface area contributed by atoms with Crippen LogP contribution in [0.5, 0.6) is 0 Å². The molecule has 10 heteroatoms. The summed E-state index contributed by atoms with van der Waals surface area (Å²) >= 11 is 2.53. The third kappa shape index (κ3) is 4.73. The van der Waals surface area contributed by atoms with E-state index in [0.717, 1.165) is 58.6 Å². The molecule has 1 aromatic carbocycles. The maximum absolute atomic E-state index is 13.6. The number of nitriles is 1. The van der Waals surface area contributed by atoms with Crippen molar-refractivity contribution in [2.75, 3.05) is 23.4 Å². The molecule has 1 aliphatic carbocycles. The van der Waals surface area contributed by atoms with E-state index >= 15 is 0 Å². The summed E-state index contributed by atoms with van der Waals surface area (Å²) in [5, 5.41) is 13.8. The quantitative estimate of drug-likeness (QED) is 0.239. The monoisotopic (exact) mass is 559 g/mol. The van der Waals surface area contributed by atoms with Crippen molar-refractivity contribution in [2.24, 2.45) is 5.92 Å². The van der Waals surface area contributed by atoms with E-state index in [0.29, 0.717) is 32.3 Å². The zero-order valence-corrected chi connectivity index (χ0v) is 23.6. The number of aromatic nitrogens is 1. The Balaban J connectivity index is 1.60. The molecule has 3 aromatic heterocycles. The minimum Gasteiger partial charge on any atom is -0.462 e. The smallest absolute Gasteiger partial charge is 0.341 e. The van der Waals surface area contributed by atoms with Gasteiger partial charge in [0.25, 0.3) is 5.91 Å². The molecular weight excluding hydrogens is 530 g/mol. The number of nitrogens with two attached hydrogens (primary N) is 2. The highest BCUT2D eigenvalue weighted by Crippen LogP contribution is 2.44. The fraction of sp³-hybridized carbons (Fsp3) is 0.310. The van der Waals surface area contributed by atoms with E-state index in [9.17, 15) is 14.9 Å². The van der Waals surface area contributed by atoms with E-state index in [-0.39, 0.29) is 28.6 Å². The van der Waals surface area contributed by atoms with Crippen molar-refractivity contribution < 1.29 is 14.3 Å². The second kappa shape index (κ2) is 10.7. The lowest BCUT2D eigenvalue weighted by Crippen LogP contribution is -2.16. The molecule has 0 saturated heterocycles. The normalized spacial score (nSPS) is 14.6. The number of benzene rings is 1. The van der Waals surface area contributed by atoms with Crippen LogP contribution in [0.2, 0.25) is 0 Å². The molecule has 0 radical (unpaired) electrons. The first-order chi connectivity index (χ1) is 18.8. The lowest BCUT2D eigenvalue weighted by Gasteiger charge is -2.18. The number of nitrogens with one attached hydrogen (secondary N) is 1. The molecule has 1 aliphatic rings. The van der Waals surface area contributed by atoms with Gasteiger partial charge in [0.05, 0.1) is 17.9 Å². The highest BCUT2D eigenvalue weighted by molar-refractivity contribution is 7.21. The number of carbonyl (C=O) groups is 2. The number of anilines is 3. The van der Waals surface area contributed by atoms with Crippen LogP contribution in [0.3, 0.4) is 0 Å². The molecule has 8 nitrogen and oxygen atoms in total. The van der Waals surface area contributed by atoms with E-state index in [2.05, 4.69) is 30.2 Å². The van der Waals surface area contributed by atoms with Crippen molar-refractivity contribution in [2.45, 2.75) is 46.5 Å². The van der Waals surface area contributed by atoms with Crippen LogP contribution >= 0.6 is 22.7 Å². The standard InChI is InChI=1S/C29H29N5O3S2/c1-4-15-7-9-16(10-8-15)20-18(13-30)25(32)33-28-22(20)23(31)24(39-28)26(35)34-27-21(29(36)37-5-2)17-11-6-14(3)12-19(17)38-27/h7-10,14H,4-6,11-12,31H2,1-3H3,(H2,32,33)(H,34,35). The van der Waals surface area contributed by atoms with Gasteiger partial charge < -0.3 is 21.5 Å². The fourth-order valence-electron chi connectivity index (χ4n) is 5.07. The molecule has 0 aliphatic heterocycles. The van der Waals surface area contributed by atoms with Crippen molar-refractivity contribution >= 4 is 61.3 Å². The van der Waals surface area contributed by atoms with Gasteiger partial charge in [0.2, 0.25) is 0 Å². The minimum absolute atomic E-state index is 0.0809. The molecule has 5 N–H and O–H groups in total. The fourth-order valence-corrected chi connectivity index (χ4v) is 7.47. The summed E-state index contributed by atoms with van der Waals surface area (Å²) in [6.45, 7) is 6.26. The Morgan fingerprint density at radius 1 is 1.21 bits per heavy atom. The molecule has 1 unspecified atom stereocenters. The molecule has 1 amide bonds. The van der Waals surface area contributed by atoms with Gasteiger partial charge in [-0.05, 0) is 55.2 Å². The zero-order chi connectivity index (χ0) is 27.8.